The van der Waals surface area contributed by atoms with Gasteiger partial charge in [0.1, 0.15) is 11.3 Å². The van der Waals surface area contributed by atoms with Crippen LogP contribution in [-0.4, -0.2) is 47.6 Å². The minimum absolute atomic E-state index is 0.174. The van der Waals surface area contributed by atoms with Crippen molar-refractivity contribution in [3.8, 4) is 16.9 Å². The van der Waals surface area contributed by atoms with Crippen molar-refractivity contribution in [3.63, 3.8) is 0 Å². The van der Waals surface area contributed by atoms with Gasteiger partial charge in [0, 0.05) is 18.5 Å². The molecule has 0 fully saturated rings. The van der Waals surface area contributed by atoms with Crippen molar-refractivity contribution < 1.29 is 24.5 Å². The van der Waals surface area contributed by atoms with E-state index in [1.807, 2.05) is 43.3 Å². The lowest BCUT2D eigenvalue weighted by atomic mass is 9.93. The van der Waals surface area contributed by atoms with Crippen molar-refractivity contribution in [2.24, 2.45) is 0 Å². The van der Waals surface area contributed by atoms with Crippen LogP contribution in [0, 0.1) is 0 Å². The van der Waals surface area contributed by atoms with E-state index in [4.69, 9.17) is 9.47 Å². The number of carbonyl (C=O) groups is 1. The van der Waals surface area contributed by atoms with Crippen LogP contribution in [0.15, 0.2) is 78.9 Å². The molecular formula is C34H37NO5. The van der Waals surface area contributed by atoms with Crippen molar-refractivity contribution in [1.82, 2.24) is 5.32 Å². The fourth-order valence-corrected chi connectivity index (χ4v) is 5.46. The average molecular weight is 540 g/mol. The molecule has 1 unspecified atom stereocenters. The van der Waals surface area contributed by atoms with Crippen LogP contribution in [0.4, 0.5) is 0 Å². The average Bonchev–Trinajstić information content (AvgIpc) is 3.43. The Kier molecular flexibility index (Phi) is 8.22. The van der Waals surface area contributed by atoms with E-state index in [-0.39, 0.29) is 23.8 Å². The van der Waals surface area contributed by atoms with Gasteiger partial charge in [0.2, 0.25) is 0 Å². The van der Waals surface area contributed by atoms with Crippen LogP contribution < -0.4 is 10.1 Å². The number of hydrogen-bond donors (Lipinski definition) is 3. The third-order valence-corrected chi connectivity index (χ3v) is 7.54. The van der Waals surface area contributed by atoms with Crippen LogP contribution in [0.25, 0.3) is 21.9 Å². The largest absolute Gasteiger partial charge is 0.492 e. The van der Waals surface area contributed by atoms with Crippen LogP contribution in [-0.2, 0) is 17.6 Å². The normalized spacial score (nSPS) is 14.5. The molecule has 6 nitrogen and oxygen atoms in total. The van der Waals surface area contributed by atoms with Crippen LogP contribution in [0.3, 0.4) is 0 Å². The molecule has 3 N–H and O–H groups in total. The van der Waals surface area contributed by atoms with Crippen LogP contribution in [0.5, 0.6) is 5.75 Å². The number of benzene rings is 4. The fourth-order valence-electron chi connectivity index (χ4n) is 5.46. The molecular weight excluding hydrogens is 502 g/mol. The molecule has 6 heteroatoms. The van der Waals surface area contributed by atoms with Gasteiger partial charge in [0.05, 0.1) is 25.4 Å². The van der Waals surface area contributed by atoms with Gasteiger partial charge in [0.15, 0.2) is 0 Å². The highest BCUT2D eigenvalue weighted by Gasteiger charge is 2.24. The highest BCUT2D eigenvalue weighted by molar-refractivity contribution is 5.94. The summed E-state index contributed by atoms with van der Waals surface area (Å²) in [6, 6.07) is 26.4. The maximum Gasteiger partial charge on any atom is 0.339 e. The Bertz CT molecular complexity index is 1510. The monoisotopic (exact) mass is 539 g/mol. The standard InChI is InChI=1S/C34H37NO5/c1-22(29-10-6-7-11-30(29)27-17-26-14-15-39-32(26)31(18-27)33(37)38)40-21-28(36)20-35-34(2,3)19-23-12-13-24-8-4-5-9-25(24)16-23/h4-13,16-18,22,28,35-36H,14-15,19-21H2,1-3H3,(H,37,38)/t22?,28-/m1/s1. The molecule has 0 radical (unpaired) electrons. The van der Waals surface area contributed by atoms with Gasteiger partial charge in [-0.25, -0.2) is 4.79 Å². The number of hydrogen-bond acceptors (Lipinski definition) is 5. The molecule has 0 spiro atoms. The van der Waals surface area contributed by atoms with Crippen LogP contribution in [0.1, 0.15) is 53.9 Å². The molecule has 1 aliphatic rings. The van der Waals surface area contributed by atoms with Gasteiger partial charge in [-0.15, -0.1) is 0 Å². The van der Waals surface area contributed by atoms with Crippen molar-refractivity contribution in [1.29, 1.82) is 0 Å². The summed E-state index contributed by atoms with van der Waals surface area (Å²) in [5.41, 5.74) is 4.81. The Labute approximate surface area is 235 Å². The first-order valence-electron chi connectivity index (χ1n) is 13.8. The van der Waals surface area contributed by atoms with Gasteiger partial charge in [-0.2, -0.15) is 0 Å². The summed E-state index contributed by atoms with van der Waals surface area (Å²) < 4.78 is 11.7. The number of carboxylic acid groups (broad SMARTS) is 1. The number of nitrogens with one attached hydrogen (secondary N) is 1. The molecule has 0 saturated carbocycles. The quantitative estimate of drug-likeness (QED) is 0.211. The summed E-state index contributed by atoms with van der Waals surface area (Å²) >= 11 is 0. The molecule has 0 saturated heterocycles. The first-order chi connectivity index (χ1) is 19.2. The molecule has 1 heterocycles. The highest BCUT2D eigenvalue weighted by Crippen LogP contribution is 2.37. The Balaban J connectivity index is 1.20. The summed E-state index contributed by atoms with van der Waals surface area (Å²) in [6.07, 6.45) is 0.545. The predicted octanol–water partition coefficient (Wildman–Crippen LogP) is 6.19. The lowest BCUT2D eigenvalue weighted by Crippen LogP contribution is -2.46. The van der Waals surface area contributed by atoms with Crippen molar-refractivity contribution in [2.75, 3.05) is 19.8 Å². The minimum atomic E-state index is -0.999. The summed E-state index contributed by atoms with van der Waals surface area (Å²) in [6.45, 7) is 7.31. The third-order valence-electron chi connectivity index (χ3n) is 7.54. The molecule has 208 valence electrons. The third kappa shape index (κ3) is 6.36. The number of aliphatic hydroxyl groups excluding tert-OH is 1. The first kappa shape index (κ1) is 27.8. The van der Waals surface area contributed by atoms with E-state index < -0.39 is 12.1 Å². The van der Waals surface area contributed by atoms with E-state index in [0.29, 0.717) is 25.3 Å². The zero-order chi connectivity index (χ0) is 28.3. The molecule has 4 aromatic carbocycles. The topological polar surface area (TPSA) is 88.0 Å². The van der Waals surface area contributed by atoms with E-state index in [2.05, 4.69) is 55.6 Å². The smallest absolute Gasteiger partial charge is 0.339 e. The number of aliphatic hydroxyl groups is 1. The molecule has 0 aliphatic carbocycles. The highest BCUT2D eigenvalue weighted by atomic mass is 16.5. The molecule has 0 amide bonds. The van der Waals surface area contributed by atoms with E-state index in [1.54, 1.807) is 6.07 Å². The summed E-state index contributed by atoms with van der Waals surface area (Å²) in [7, 11) is 0. The number of carboxylic acids is 1. The lowest BCUT2D eigenvalue weighted by molar-refractivity contribution is -0.00397. The Morgan fingerprint density at radius 3 is 2.58 bits per heavy atom. The van der Waals surface area contributed by atoms with Crippen LogP contribution >= 0.6 is 0 Å². The van der Waals surface area contributed by atoms with E-state index in [0.717, 1.165) is 28.7 Å². The molecule has 2 atom stereocenters. The fraction of sp³-hybridized carbons (Fsp3) is 0.324. The Hall–Kier alpha value is -3.71. The minimum Gasteiger partial charge on any atom is -0.492 e. The van der Waals surface area contributed by atoms with Crippen LogP contribution in [0.2, 0.25) is 0 Å². The first-order valence-corrected chi connectivity index (χ1v) is 13.8. The second kappa shape index (κ2) is 11.8. The molecule has 4 aromatic rings. The van der Waals surface area contributed by atoms with E-state index in [1.165, 1.54) is 16.3 Å². The van der Waals surface area contributed by atoms with Gasteiger partial charge in [0.25, 0.3) is 0 Å². The second-order valence-corrected chi connectivity index (χ2v) is 11.3. The lowest BCUT2D eigenvalue weighted by Gasteiger charge is -2.28. The molecule has 40 heavy (non-hydrogen) atoms. The molecule has 0 bridgehead atoms. The zero-order valence-corrected chi connectivity index (χ0v) is 23.3. The predicted molar refractivity (Wildman–Crippen MR) is 158 cm³/mol. The van der Waals surface area contributed by atoms with Gasteiger partial charge >= 0.3 is 5.97 Å². The summed E-state index contributed by atoms with van der Waals surface area (Å²) in [5.74, 6) is -0.530. The summed E-state index contributed by atoms with van der Waals surface area (Å²) in [5, 5.41) is 26.4. The van der Waals surface area contributed by atoms with Crippen molar-refractivity contribution in [3.05, 3.63) is 101 Å². The maximum absolute atomic E-state index is 11.9. The van der Waals surface area contributed by atoms with E-state index >= 15 is 0 Å². The number of ether oxygens (including phenoxy) is 2. The molecule has 0 aromatic heterocycles. The number of fused-ring (bicyclic) bond motifs is 2. The van der Waals surface area contributed by atoms with E-state index in [9.17, 15) is 15.0 Å². The zero-order valence-electron chi connectivity index (χ0n) is 23.3. The number of aromatic carboxylic acids is 1. The van der Waals surface area contributed by atoms with Gasteiger partial charge in [-0.3, -0.25) is 0 Å². The summed E-state index contributed by atoms with van der Waals surface area (Å²) in [4.78, 5) is 11.9. The van der Waals surface area contributed by atoms with Gasteiger partial charge in [-0.05, 0) is 77.9 Å². The van der Waals surface area contributed by atoms with Crippen molar-refractivity contribution >= 4 is 16.7 Å². The maximum atomic E-state index is 11.9. The Morgan fingerprint density at radius 2 is 1.77 bits per heavy atom. The SMILES string of the molecule is CC(OC[C@H](O)CNC(C)(C)Cc1ccc2ccccc2c1)c1ccccc1-c1cc2c(c(C(=O)O)c1)OCC2. The molecule has 1 aliphatic heterocycles. The van der Waals surface area contributed by atoms with Gasteiger partial charge < -0.3 is 25.0 Å². The van der Waals surface area contributed by atoms with Gasteiger partial charge in [-0.1, -0.05) is 66.7 Å². The Morgan fingerprint density at radius 1 is 1.02 bits per heavy atom. The second-order valence-electron chi connectivity index (χ2n) is 11.3. The molecule has 5 rings (SSSR count). The number of rotatable bonds is 11. The van der Waals surface area contributed by atoms with Crippen molar-refractivity contribution in [2.45, 2.75) is 51.4 Å². The number of β-amino-alcohol motifs (C(OH)–C–C–N with tert-alkyl or cyclic N) is 1.